The number of hydrogen-bond donors (Lipinski definition) is 1. The van der Waals surface area contributed by atoms with Gasteiger partial charge in [0.15, 0.2) is 4.61 Å². The molecule has 36 heavy (non-hydrogen) atoms. The third-order valence-corrected chi connectivity index (χ3v) is 7.16. The fourth-order valence-corrected chi connectivity index (χ4v) is 5.15. The number of alkyl halides is 4. The van der Waals surface area contributed by atoms with Gasteiger partial charge in [0.05, 0.1) is 10.6 Å². The summed E-state index contributed by atoms with van der Waals surface area (Å²) in [6.45, 7) is 6.08. The number of rotatable bonds is 5. The van der Waals surface area contributed by atoms with Crippen LogP contribution in [0, 0.1) is 6.92 Å². The van der Waals surface area contributed by atoms with E-state index in [1.807, 2.05) is 41.6 Å². The number of carbonyl (C=O) groups is 2. The summed E-state index contributed by atoms with van der Waals surface area (Å²) in [5.41, 5.74) is 4.39. The normalized spacial score (nSPS) is 19.4. The molecule has 0 spiro atoms. The second kappa shape index (κ2) is 10.1. The molecule has 6 nitrogen and oxygen atoms in total. The monoisotopic (exact) mass is 630 g/mol. The number of oxime groups is 1. The van der Waals surface area contributed by atoms with Crippen LogP contribution in [0.15, 0.2) is 40.4 Å². The third kappa shape index (κ3) is 5.72. The zero-order valence-corrected chi connectivity index (χ0v) is 22.6. The van der Waals surface area contributed by atoms with E-state index in [0.717, 1.165) is 40.6 Å². The van der Waals surface area contributed by atoms with Crippen LogP contribution in [0.4, 0.5) is 18.0 Å². The van der Waals surface area contributed by atoms with Gasteiger partial charge in [0.1, 0.15) is 5.75 Å². The van der Waals surface area contributed by atoms with Gasteiger partial charge in [-0.3, -0.25) is 14.9 Å². The van der Waals surface area contributed by atoms with Gasteiger partial charge in [0, 0.05) is 11.1 Å². The lowest BCUT2D eigenvalue weighted by Gasteiger charge is -2.34. The molecule has 11 heteroatoms. The maximum Gasteiger partial charge on any atom is 0.573 e. The van der Waals surface area contributed by atoms with Crippen LogP contribution in [0.3, 0.4) is 0 Å². The molecule has 1 N–H and O–H groups in total. The molecule has 0 saturated carbocycles. The van der Waals surface area contributed by atoms with Crippen LogP contribution in [-0.2, 0) is 15.0 Å². The number of amides is 2. The highest BCUT2D eigenvalue weighted by Crippen LogP contribution is 2.43. The van der Waals surface area contributed by atoms with Gasteiger partial charge in [-0.15, -0.1) is 13.2 Å². The lowest BCUT2D eigenvalue weighted by molar-refractivity contribution is -0.274. The number of nitrogens with one attached hydrogen (secondary N) is 1. The summed E-state index contributed by atoms with van der Waals surface area (Å²) in [7, 11) is 0. The summed E-state index contributed by atoms with van der Waals surface area (Å²) >= 11 is 2.78. The van der Waals surface area contributed by atoms with Crippen molar-refractivity contribution in [2.24, 2.45) is 5.16 Å². The Kier molecular flexibility index (Phi) is 7.42. The Bertz CT molecular complexity index is 1300. The molecule has 2 amide bonds. The van der Waals surface area contributed by atoms with Gasteiger partial charge in [-0.1, -0.05) is 31.1 Å². The number of imide groups is 1. The molecule has 2 aliphatic rings. The smallest absolute Gasteiger partial charge is 0.405 e. The van der Waals surface area contributed by atoms with E-state index in [1.54, 1.807) is 0 Å². The second-order valence-electron chi connectivity index (χ2n) is 9.03. The Morgan fingerprint density at radius 3 is 2.56 bits per heavy atom. The van der Waals surface area contributed by atoms with Crippen molar-refractivity contribution in [2.75, 3.05) is 4.61 Å². The molecule has 2 aromatic rings. The third-order valence-electron chi connectivity index (χ3n) is 6.07. The van der Waals surface area contributed by atoms with Crippen molar-refractivity contribution < 1.29 is 32.3 Å². The number of benzene rings is 2. The summed E-state index contributed by atoms with van der Waals surface area (Å²) in [6.07, 6.45) is -1.92. The number of hydrogen-bond acceptors (Lipinski definition) is 6. The van der Waals surface area contributed by atoms with Crippen LogP contribution in [0.5, 0.6) is 5.75 Å². The molecule has 0 aromatic heterocycles. The van der Waals surface area contributed by atoms with Crippen LogP contribution < -0.4 is 10.1 Å². The van der Waals surface area contributed by atoms with Crippen molar-refractivity contribution in [1.82, 2.24) is 5.32 Å². The lowest BCUT2D eigenvalue weighted by Crippen LogP contribution is -2.28. The number of thioether (sulfide) groups is 1. The highest BCUT2D eigenvalue weighted by molar-refractivity contribution is 14.1. The summed E-state index contributed by atoms with van der Waals surface area (Å²) in [4.78, 5) is 29.0. The van der Waals surface area contributed by atoms with E-state index >= 15 is 0 Å². The van der Waals surface area contributed by atoms with E-state index in [2.05, 4.69) is 29.1 Å². The van der Waals surface area contributed by atoms with Crippen LogP contribution in [0.1, 0.15) is 48.9 Å². The van der Waals surface area contributed by atoms with Crippen molar-refractivity contribution in [3.05, 3.63) is 57.5 Å². The second-order valence-corrected chi connectivity index (χ2v) is 10.7. The first-order valence-electron chi connectivity index (χ1n) is 10.9. The maximum atomic E-state index is 13.3. The zero-order chi connectivity index (χ0) is 26.3. The number of carbonyl (C=O) groups excluding carboxylic acids is 2. The molecule has 1 aliphatic carbocycles. The van der Waals surface area contributed by atoms with E-state index in [1.165, 1.54) is 24.3 Å². The Hall–Kier alpha value is -2.54. The van der Waals surface area contributed by atoms with Crippen LogP contribution in [0.25, 0.3) is 17.2 Å². The Labute approximate surface area is 223 Å². The standard InChI is InChI=1S/C25H22F3IN2O4S/c1-13-8-18-17(19(31-34-12-29)6-7-24(18,2)3)11-15(13)16-9-14(4-5-20(16)35-25(26,27)28)10-21-22(32)30-23(33)36-21/h4-5,8-11H,6-7,12H2,1-3H3,(H,30,32,33)/b21-10-,31-19+. The van der Waals surface area contributed by atoms with Gasteiger partial charge in [-0.05, 0) is 106 Å². The molecule has 0 radical (unpaired) electrons. The molecule has 1 fully saturated rings. The molecule has 1 aliphatic heterocycles. The number of fused-ring (bicyclic) bond motifs is 1. The Balaban J connectivity index is 1.90. The van der Waals surface area contributed by atoms with Gasteiger partial charge >= 0.3 is 6.36 Å². The highest BCUT2D eigenvalue weighted by atomic mass is 127. The van der Waals surface area contributed by atoms with E-state index in [4.69, 9.17) is 4.84 Å². The molecule has 2 aromatic carbocycles. The first-order chi connectivity index (χ1) is 16.9. The summed E-state index contributed by atoms with van der Waals surface area (Å²) in [5.74, 6) is -0.921. The van der Waals surface area contributed by atoms with Crippen LogP contribution >= 0.6 is 34.4 Å². The fraction of sp³-hybridized carbons (Fsp3) is 0.320. The highest BCUT2D eigenvalue weighted by Gasteiger charge is 2.35. The number of halogens is 4. The average molecular weight is 630 g/mol. The molecule has 0 unspecified atom stereocenters. The molecule has 0 atom stereocenters. The van der Waals surface area contributed by atoms with Crippen LogP contribution in [0.2, 0.25) is 0 Å². The summed E-state index contributed by atoms with van der Waals surface area (Å²) in [5, 5.41) is 5.93. The van der Waals surface area contributed by atoms with Crippen molar-refractivity contribution in [1.29, 1.82) is 0 Å². The van der Waals surface area contributed by atoms with Gasteiger partial charge in [-0.2, -0.15) is 0 Å². The molecule has 1 saturated heterocycles. The van der Waals surface area contributed by atoms with Crippen molar-refractivity contribution in [3.8, 4) is 16.9 Å². The van der Waals surface area contributed by atoms with Crippen molar-refractivity contribution in [2.45, 2.75) is 45.4 Å². The lowest BCUT2D eigenvalue weighted by atomic mass is 9.70. The topological polar surface area (TPSA) is 77.0 Å². The van der Waals surface area contributed by atoms with Gasteiger partial charge < -0.3 is 9.57 Å². The predicted molar refractivity (Wildman–Crippen MR) is 141 cm³/mol. The van der Waals surface area contributed by atoms with Gasteiger partial charge in [0.25, 0.3) is 11.1 Å². The SMILES string of the molecule is Cc1cc2c(cc1-c1cc(/C=C3\SC(=O)NC3=O)ccc1OC(F)(F)F)/C(=N/OCI)CCC2(C)C. The number of ether oxygens (including phenoxy) is 1. The first kappa shape index (κ1) is 26.5. The molecule has 0 bridgehead atoms. The van der Waals surface area contributed by atoms with E-state index < -0.39 is 17.5 Å². The average Bonchev–Trinajstić information content (AvgIpc) is 3.10. The Morgan fingerprint density at radius 2 is 1.92 bits per heavy atom. The summed E-state index contributed by atoms with van der Waals surface area (Å²) < 4.78 is 44.6. The molecule has 1 heterocycles. The molecular formula is C25H22F3IN2O4S. The zero-order valence-electron chi connectivity index (χ0n) is 19.6. The van der Waals surface area contributed by atoms with Gasteiger partial charge in [-0.25, -0.2) is 0 Å². The minimum absolute atomic E-state index is 0.154. The first-order valence-corrected chi connectivity index (χ1v) is 13.3. The largest absolute Gasteiger partial charge is 0.573 e. The number of nitrogens with zero attached hydrogens (tertiary/aromatic N) is 1. The van der Waals surface area contributed by atoms with Crippen molar-refractivity contribution in [3.63, 3.8) is 0 Å². The van der Waals surface area contributed by atoms with Crippen LogP contribution in [-0.4, -0.2) is 27.8 Å². The molecular weight excluding hydrogens is 608 g/mol. The number of aryl methyl sites for hydroxylation is 1. The van der Waals surface area contributed by atoms with Crippen molar-refractivity contribution >= 4 is 57.3 Å². The van der Waals surface area contributed by atoms with E-state index in [0.29, 0.717) is 22.2 Å². The minimum Gasteiger partial charge on any atom is -0.405 e. The summed E-state index contributed by atoms with van der Waals surface area (Å²) in [6, 6.07) is 7.95. The van der Waals surface area contributed by atoms with E-state index in [9.17, 15) is 22.8 Å². The molecule has 4 rings (SSSR count). The van der Waals surface area contributed by atoms with Gasteiger partial charge in [0.2, 0.25) is 0 Å². The molecule has 190 valence electrons. The Morgan fingerprint density at radius 1 is 1.17 bits per heavy atom. The predicted octanol–water partition coefficient (Wildman–Crippen LogP) is 7.07. The fourth-order valence-electron chi connectivity index (χ4n) is 4.33. The quantitative estimate of drug-likeness (QED) is 0.166. The van der Waals surface area contributed by atoms with E-state index in [-0.39, 0.29) is 21.6 Å². The maximum absolute atomic E-state index is 13.3. The minimum atomic E-state index is -4.90.